The summed E-state index contributed by atoms with van der Waals surface area (Å²) in [5.41, 5.74) is 0. The Morgan fingerprint density at radius 1 is 0.667 bits per heavy atom. The quantitative estimate of drug-likeness (QED) is 0.495. The summed E-state index contributed by atoms with van der Waals surface area (Å²) in [5.74, 6) is 0. The average molecular weight is 214 g/mol. The first-order chi connectivity index (χ1) is 7.31. The molecule has 0 rings (SSSR count). The van der Waals surface area contributed by atoms with E-state index < -0.39 is 0 Å². The number of aliphatic hydroxyl groups excluding tert-OH is 1. The lowest BCUT2D eigenvalue weighted by molar-refractivity contribution is 0.150. The Kier molecular flexibility index (Phi) is 12.0. The first kappa shape index (κ1) is 15.0. The Labute approximate surface area is 96.3 Å². The largest absolute Gasteiger partial charge is 0.393 e. The monoisotopic (exact) mass is 214 g/mol. The van der Waals surface area contributed by atoms with Gasteiger partial charge in [0, 0.05) is 0 Å². The van der Waals surface area contributed by atoms with Gasteiger partial charge in [0.15, 0.2) is 0 Å². The van der Waals surface area contributed by atoms with Crippen LogP contribution in [0, 0.1) is 0 Å². The van der Waals surface area contributed by atoms with Crippen molar-refractivity contribution in [3.8, 4) is 0 Å². The summed E-state index contributed by atoms with van der Waals surface area (Å²) in [7, 11) is 0. The number of hydrogen-bond acceptors (Lipinski definition) is 1. The van der Waals surface area contributed by atoms with Gasteiger partial charge in [0.05, 0.1) is 6.10 Å². The number of rotatable bonds is 11. The summed E-state index contributed by atoms with van der Waals surface area (Å²) in [6.45, 7) is 4.39. The molecule has 0 bridgehead atoms. The molecule has 1 nitrogen and oxygen atoms in total. The Balaban J connectivity index is 2.98. The molecule has 0 aromatic heterocycles. The third-order valence-electron chi connectivity index (χ3n) is 3.01. The summed E-state index contributed by atoms with van der Waals surface area (Å²) in [5, 5.41) is 9.52. The average Bonchev–Trinajstić information content (AvgIpc) is 2.22. The van der Waals surface area contributed by atoms with Gasteiger partial charge in [-0.2, -0.15) is 0 Å². The van der Waals surface area contributed by atoms with Crippen LogP contribution in [0.4, 0.5) is 0 Å². The molecule has 92 valence electrons. The van der Waals surface area contributed by atoms with Crippen LogP contribution in [-0.2, 0) is 0 Å². The third kappa shape index (κ3) is 11.9. The maximum atomic E-state index is 9.52. The highest BCUT2D eigenvalue weighted by molar-refractivity contribution is 4.55. The maximum absolute atomic E-state index is 9.52. The van der Waals surface area contributed by atoms with Gasteiger partial charge in [0.1, 0.15) is 0 Å². The van der Waals surface area contributed by atoms with E-state index in [0.717, 1.165) is 19.3 Å². The maximum Gasteiger partial charge on any atom is 0.0540 e. The molecule has 0 aromatic carbocycles. The van der Waals surface area contributed by atoms with Crippen LogP contribution in [0.25, 0.3) is 0 Å². The molecule has 0 unspecified atom stereocenters. The van der Waals surface area contributed by atoms with Gasteiger partial charge in [0.2, 0.25) is 0 Å². The summed E-state index contributed by atoms with van der Waals surface area (Å²) in [4.78, 5) is 0. The van der Waals surface area contributed by atoms with Gasteiger partial charge in [-0.3, -0.25) is 0 Å². The minimum atomic E-state index is -0.0323. The van der Waals surface area contributed by atoms with Crippen LogP contribution in [0.15, 0.2) is 0 Å². The molecular weight excluding hydrogens is 184 g/mol. The summed E-state index contributed by atoms with van der Waals surface area (Å²) >= 11 is 0. The zero-order valence-electron chi connectivity index (χ0n) is 10.8. The topological polar surface area (TPSA) is 20.2 Å². The van der Waals surface area contributed by atoms with Crippen molar-refractivity contribution < 1.29 is 5.11 Å². The van der Waals surface area contributed by atoms with Crippen molar-refractivity contribution in [3.05, 3.63) is 0 Å². The van der Waals surface area contributed by atoms with Crippen LogP contribution >= 0.6 is 0 Å². The molecule has 0 radical (unpaired) electrons. The molecule has 0 heterocycles. The molecule has 1 atom stereocenters. The van der Waals surface area contributed by atoms with Crippen molar-refractivity contribution in [2.24, 2.45) is 0 Å². The SMILES string of the molecule is CCCCCCCCCC[C@@H](O)CCC. The van der Waals surface area contributed by atoms with Crippen molar-refractivity contribution in [2.45, 2.75) is 90.6 Å². The van der Waals surface area contributed by atoms with Crippen molar-refractivity contribution in [3.63, 3.8) is 0 Å². The molecule has 0 spiro atoms. The highest BCUT2D eigenvalue weighted by Gasteiger charge is 2.01. The van der Waals surface area contributed by atoms with Gasteiger partial charge in [-0.05, 0) is 12.8 Å². The molecule has 0 aliphatic carbocycles. The van der Waals surface area contributed by atoms with Crippen LogP contribution in [0.3, 0.4) is 0 Å². The van der Waals surface area contributed by atoms with E-state index in [0.29, 0.717) is 0 Å². The second-order valence-corrected chi connectivity index (χ2v) is 4.71. The second-order valence-electron chi connectivity index (χ2n) is 4.71. The lowest BCUT2D eigenvalue weighted by atomic mass is 10.0. The Morgan fingerprint density at radius 3 is 1.73 bits per heavy atom. The third-order valence-corrected chi connectivity index (χ3v) is 3.01. The van der Waals surface area contributed by atoms with Gasteiger partial charge >= 0.3 is 0 Å². The molecule has 0 saturated carbocycles. The van der Waals surface area contributed by atoms with Crippen molar-refractivity contribution in [1.82, 2.24) is 0 Å². The van der Waals surface area contributed by atoms with Crippen LogP contribution in [0.5, 0.6) is 0 Å². The highest BCUT2D eigenvalue weighted by Crippen LogP contribution is 2.12. The Hall–Kier alpha value is -0.0400. The van der Waals surface area contributed by atoms with Gasteiger partial charge in [0.25, 0.3) is 0 Å². The Bertz CT molecular complexity index is 112. The minimum Gasteiger partial charge on any atom is -0.393 e. The fourth-order valence-electron chi connectivity index (χ4n) is 1.99. The molecule has 1 N–H and O–H groups in total. The highest BCUT2D eigenvalue weighted by atomic mass is 16.3. The van der Waals surface area contributed by atoms with Crippen molar-refractivity contribution >= 4 is 0 Å². The lowest BCUT2D eigenvalue weighted by Gasteiger charge is -2.08. The van der Waals surface area contributed by atoms with E-state index in [9.17, 15) is 5.11 Å². The summed E-state index contributed by atoms with van der Waals surface area (Å²) in [6, 6.07) is 0. The number of unbranched alkanes of at least 4 members (excludes halogenated alkanes) is 7. The van der Waals surface area contributed by atoms with Crippen LogP contribution in [-0.4, -0.2) is 11.2 Å². The molecule has 0 aliphatic heterocycles. The van der Waals surface area contributed by atoms with E-state index in [1.807, 2.05) is 0 Å². The van der Waals surface area contributed by atoms with Gasteiger partial charge in [-0.1, -0.05) is 71.6 Å². The van der Waals surface area contributed by atoms with E-state index in [4.69, 9.17) is 0 Å². The second kappa shape index (κ2) is 12.0. The summed E-state index contributed by atoms with van der Waals surface area (Å²) < 4.78 is 0. The van der Waals surface area contributed by atoms with Crippen LogP contribution < -0.4 is 0 Å². The normalized spacial score (nSPS) is 13.0. The van der Waals surface area contributed by atoms with E-state index in [1.54, 1.807) is 0 Å². The van der Waals surface area contributed by atoms with E-state index in [-0.39, 0.29) is 6.10 Å². The standard InChI is InChI=1S/C14H30O/c1-3-5-6-7-8-9-10-11-13-14(15)12-4-2/h14-15H,3-13H2,1-2H3/t14-/m0/s1. The molecule has 0 saturated heterocycles. The first-order valence-corrected chi connectivity index (χ1v) is 6.99. The van der Waals surface area contributed by atoms with Crippen LogP contribution in [0.1, 0.15) is 84.5 Å². The van der Waals surface area contributed by atoms with E-state index in [2.05, 4.69) is 13.8 Å². The predicted molar refractivity (Wildman–Crippen MR) is 68.1 cm³/mol. The van der Waals surface area contributed by atoms with Gasteiger partial charge < -0.3 is 5.11 Å². The fourth-order valence-corrected chi connectivity index (χ4v) is 1.99. The smallest absolute Gasteiger partial charge is 0.0540 e. The lowest BCUT2D eigenvalue weighted by Crippen LogP contribution is -2.04. The number of hydrogen-bond donors (Lipinski definition) is 1. The zero-order valence-corrected chi connectivity index (χ0v) is 10.8. The van der Waals surface area contributed by atoms with E-state index >= 15 is 0 Å². The molecule has 0 aromatic rings. The first-order valence-electron chi connectivity index (χ1n) is 6.99. The minimum absolute atomic E-state index is 0.0323. The molecule has 0 aliphatic rings. The zero-order chi connectivity index (χ0) is 11.4. The van der Waals surface area contributed by atoms with E-state index in [1.165, 1.54) is 51.4 Å². The molecule has 0 amide bonds. The van der Waals surface area contributed by atoms with Crippen molar-refractivity contribution in [1.29, 1.82) is 0 Å². The molecule has 1 heteroatoms. The van der Waals surface area contributed by atoms with Gasteiger partial charge in [-0.15, -0.1) is 0 Å². The number of aliphatic hydroxyl groups is 1. The molecule has 15 heavy (non-hydrogen) atoms. The van der Waals surface area contributed by atoms with Crippen LogP contribution in [0.2, 0.25) is 0 Å². The summed E-state index contributed by atoms with van der Waals surface area (Å²) in [6.07, 6.45) is 13.9. The Morgan fingerprint density at radius 2 is 1.20 bits per heavy atom. The molecule has 0 fully saturated rings. The molecular formula is C14H30O. The fraction of sp³-hybridized carbons (Fsp3) is 1.00. The predicted octanol–water partition coefficient (Wildman–Crippen LogP) is 4.68. The van der Waals surface area contributed by atoms with Crippen molar-refractivity contribution in [2.75, 3.05) is 0 Å². The van der Waals surface area contributed by atoms with Gasteiger partial charge in [-0.25, -0.2) is 0 Å².